The van der Waals surface area contributed by atoms with Crippen LogP contribution in [0.1, 0.15) is 33.1 Å². The molecule has 0 bridgehead atoms. The maximum Gasteiger partial charge on any atom is 0.220 e. The molecule has 0 unspecified atom stereocenters. The molecular formula is C10H21NOS2. The Balaban J connectivity index is 3.99. The van der Waals surface area contributed by atoms with Crippen LogP contribution in [0.5, 0.6) is 0 Å². The summed E-state index contributed by atoms with van der Waals surface area (Å²) < 4.78 is 0.215. The van der Waals surface area contributed by atoms with Crippen molar-refractivity contribution in [1.29, 1.82) is 0 Å². The highest BCUT2D eigenvalue weighted by Crippen LogP contribution is 2.29. The normalized spacial score (nSPS) is 11.4. The van der Waals surface area contributed by atoms with E-state index in [4.69, 9.17) is 0 Å². The molecule has 0 saturated heterocycles. The van der Waals surface area contributed by atoms with Crippen LogP contribution in [-0.4, -0.2) is 29.2 Å². The van der Waals surface area contributed by atoms with E-state index in [2.05, 4.69) is 38.0 Å². The van der Waals surface area contributed by atoms with Gasteiger partial charge in [-0.05, 0) is 24.9 Å². The van der Waals surface area contributed by atoms with E-state index in [9.17, 15) is 4.79 Å². The van der Waals surface area contributed by atoms with Crippen LogP contribution in [0.2, 0.25) is 0 Å². The molecule has 0 aromatic rings. The number of hydrogen-bond acceptors (Lipinski definition) is 3. The molecule has 0 aliphatic heterocycles. The van der Waals surface area contributed by atoms with E-state index in [-0.39, 0.29) is 10.7 Å². The van der Waals surface area contributed by atoms with Gasteiger partial charge < -0.3 is 5.32 Å². The van der Waals surface area contributed by atoms with Crippen LogP contribution >= 0.6 is 24.4 Å². The van der Waals surface area contributed by atoms with Crippen LogP contribution < -0.4 is 5.32 Å². The van der Waals surface area contributed by atoms with Gasteiger partial charge in [-0.3, -0.25) is 4.79 Å². The number of amides is 1. The molecule has 0 spiro atoms. The molecule has 0 saturated carbocycles. The van der Waals surface area contributed by atoms with Gasteiger partial charge in [0.1, 0.15) is 0 Å². The van der Waals surface area contributed by atoms with Gasteiger partial charge in [-0.15, -0.1) is 0 Å². The van der Waals surface area contributed by atoms with E-state index in [1.54, 1.807) is 0 Å². The summed E-state index contributed by atoms with van der Waals surface area (Å²) in [5.41, 5.74) is 0. The molecule has 0 aromatic carbocycles. The van der Waals surface area contributed by atoms with E-state index in [0.29, 0.717) is 12.2 Å². The first-order valence-corrected chi connectivity index (χ1v) is 6.92. The predicted molar refractivity (Wildman–Crippen MR) is 68.3 cm³/mol. The third-order valence-corrected chi connectivity index (χ3v) is 4.48. The van der Waals surface area contributed by atoms with E-state index in [1.807, 2.05) is 11.8 Å². The standard InChI is InChI=1S/C10H21NOS2/c1-4-10(5-2,14-3)8-11-9(12)6-7-13/h13H,4-8H2,1-3H3,(H,11,12). The minimum Gasteiger partial charge on any atom is -0.355 e. The minimum atomic E-state index is 0.111. The summed E-state index contributed by atoms with van der Waals surface area (Å²) in [5.74, 6) is 0.733. The molecule has 14 heavy (non-hydrogen) atoms. The lowest BCUT2D eigenvalue weighted by atomic mass is 10.0. The van der Waals surface area contributed by atoms with Crippen molar-refractivity contribution >= 4 is 30.3 Å². The van der Waals surface area contributed by atoms with Crippen molar-refractivity contribution in [2.24, 2.45) is 0 Å². The van der Waals surface area contributed by atoms with Gasteiger partial charge in [0.15, 0.2) is 0 Å². The summed E-state index contributed by atoms with van der Waals surface area (Å²) in [6.45, 7) is 5.11. The zero-order valence-corrected chi connectivity index (χ0v) is 11.0. The second kappa shape index (κ2) is 7.46. The second-order valence-corrected chi connectivity index (χ2v) is 5.07. The molecule has 0 aliphatic carbocycles. The predicted octanol–water partition coefficient (Wildman–Crippen LogP) is 2.34. The fourth-order valence-corrected chi connectivity index (χ4v) is 2.31. The van der Waals surface area contributed by atoms with Crippen molar-refractivity contribution in [2.45, 2.75) is 37.9 Å². The maximum atomic E-state index is 11.3. The Morgan fingerprint density at radius 3 is 2.36 bits per heavy atom. The summed E-state index contributed by atoms with van der Waals surface area (Å²) >= 11 is 5.87. The second-order valence-electron chi connectivity index (χ2n) is 3.34. The molecule has 4 heteroatoms. The van der Waals surface area contributed by atoms with E-state index < -0.39 is 0 Å². The lowest BCUT2D eigenvalue weighted by Crippen LogP contribution is -2.39. The lowest BCUT2D eigenvalue weighted by Gasteiger charge is -2.29. The number of carbonyl (C=O) groups excluding carboxylic acids is 1. The monoisotopic (exact) mass is 235 g/mol. The van der Waals surface area contributed by atoms with Gasteiger partial charge >= 0.3 is 0 Å². The molecule has 0 aromatic heterocycles. The van der Waals surface area contributed by atoms with Gasteiger partial charge in [0.2, 0.25) is 5.91 Å². The Morgan fingerprint density at radius 1 is 1.43 bits per heavy atom. The molecule has 84 valence electrons. The van der Waals surface area contributed by atoms with E-state index >= 15 is 0 Å². The van der Waals surface area contributed by atoms with Crippen molar-refractivity contribution in [3.8, 4) is 0 Å². The first kappa shape index (κ1) is 14.2. The Kier molecular flexibility index (Phi) is 7.55. The van der Waals surface area contributed by atoms with Crippen molar-refractivity contribution < 1.29 is 4.79 Å². The molecular weight excluding hydrogens is 214 g/mol. The van der Waals surface area contributed by atoms with Gasteiger partial charge in [0, 0.05) is 17.7 Å². The van der Waals surface area contributed by atoms with Crippen LogP contribution in [0.15, 0.2) is 0 Å². The van der Waals surface area contributed by atoms with Crippen molar-refractivity contribution in [3.05, 3.63) is 0 Å². The largest absolute Gasteiger partial charge is 0.355 e. The summed E-state index contributed by atoms with van der Waals surface area (Å²) in [6.07, 6.45) is 4.80. The number of thiol groups is 1. The minimum absolute atomic E-state index is 0.111. The van der Waals surface area contributed by atoms with Gasteiger partial charge in [0.05, 0.1) is 0 Å². The highest BCUT2D eigenvalue weighted by atomic mass is 32.2. The van der Waals surface area contributed by atoms with Crippen molar-refractivity contribution in [3.63, 3.8) is 0 Å². The van der Waals surface area contributed by atoms with Gasteiger partial charge in [-0.25, -0.2) is 0 Å². The molecule has 0 aliphatic rings. The fourth-order valence-electron chi connectivity index (χ4n) is 1.31. The Labute approximate surface area is 97.0 Å². The maximum absolute atomic E-state index is 11.3. The van der Waals surface area contributed by atoms with E-state index in [1.165, 1.54) is 0 Å². The van der Waals surface area contributed by atoms with Crippen LogP contribution in [0.25, 0.3) is 0 Å². The zero-order valence-electron chi connectivity index (χ0n) is 9.30. The summed E-state index contributed by atoms with van der Waals surface area (Å²) in [4.78, 5) is 11.3. The quantitative estimate of drug-likeness (QED) is 0.663. The highest BCUT2D eigenvalue weighted by molar-refractivity contribution is 8.00. The molecule has 0 rings (SSSR count). The van der Waals surface area contributed by atoms with Gasteiger partial charge in [-0.2, -0.15) is 24.4 Å². The van der Waals surface area contributed by atoms with Crippen LogP contribution in [0.3, 0.4) is 0 Å². The van der Waals surface area contributed by atoms with Gasteiger partial charge in [-0.1, -0.05) is 13.8 Å². The van der Waals surface area contributed by atoms with Crippen molar-refractivity contribution in [1.82, 2.24) is 5.32 Å². The third-order valence-electron chi connectivity index (χ3n) is 2.67. The number of rotatable bonds is 7. The first-order chi connectivity index (χ1) is 6.64. The number of nitrogens with one attached hydrogen (secondary N) is 1. The Hall–Kier alpha value is 0.170. The van der Waals surface area contributed by atoms with Gasteiger partial charge in [0.25, 0.3) is 0 Å². The molecule has 0 atom stereocenters. The molecule has 0 fully saturated rings. The number of carbonyl (C=O) groups is 1. The Morgan fingerprint density at radius 2 is 2.00 bits per heavy atom. The summed E-state index contributed by atoms with van der Waals surface area (Å²) in [5, 5.41) is 2.97. The average Bonchev–Trinajstić information content (AvgIpc) is 2.21. The van der Waals surface area contributed by atoms with Crippen LogP contribution in [0, 0.1) is 0 Å². The SMILES string of the molecule is CCC(CC)(CNC(=O)CCS)SC. The fraction of sp³-hybridized carbons (Fsp3) is 0.900. The topological polar surface area (TPSA) is 29.1 Å². The molecule has 1 amide bonds. The van der Waals surface area contributed by atoms with E-state index in [0.717, 1.165) is 19.4 Å². The zero-order chi connectivity index (χ0) is 11.0. The van der Waals surface area contributed by atoms with Crippen LogP contribution in [-0.2, 0) is 4.79 Å². The number of hydrogen-bond donors (Lipinski definition) is 2. The average molecular weight is 235 g/mol. The molecule has 1 N–H and O–H groups in total. The third kappa shape index (κ3) is 4.60. The lowest BCUT2D eigenvalue weighted by molar-refractivity contribution is -0.120. The van der Waals surface area contributed by atoms with Crippen molar-refractivity contribution in [2.75, 3.05) is 18.6 Å². The first-order valence-electron chi connectivity index (χ1n) is 5.06. The van der Waals surface area contributed by atoms with Crippen LogP contribution in [0.4, 0.5) is 0 Å². The molecule has 0 radical (unpaired) electrons. The molecule has 0 heterocycles. The summed E-state index contributed by atoms with van der Waals surface area (Å²) in [6, 6.07) is 0. The number of thioether (sulfide) groups is 1. The Bertz CT molecular complexity index is 161. The summed E-state index contributed by atoms with van der Waals surface area (Å²) in [7, 11) is 0. The smallest absolute Gasteiger partial charge is 0.220 e. The highest BCUT2D eigenvalue weighted by Gasteiger charge is 2.24. The molecule has 2 nitrogen and oxygen atoms in total.